The Morgan fingerprint density at radius 2 is 1.93 bits per heavy atom. The van der Waals surface area contributed by atoms with E-state index in [1.165, 1.54) is 6.07 Å². The summed E-state index contributed by atoms with van der Waals surface area (Å²) in [6, 6.07) is 16.5. The predicted molar refractivity (Wildman–Crippen MR) is 111 cm³/mol. The Balaban J connectivity index is 1.85. The maximum absolute atomic E-state index is 12.3. The van der Waals surface area contributed by atoms with Crippen molar-refractivity contribution < 1.29 is 9.53 Å². The van der Waals surface area contributed by atoms with Crippen LogP contribution >= 0.6 is 23.2 Å². The minimum atomic E-state index is -0.374. The molecule has 27 heavy (non-hydrogen) atoms. The first-order valence-electron chi connectivity index (χ1n) is 8.53. The molecule has 1 N–H and O–H groups in total. The Morgan fingerprint density at radius 1 is 1.11 bits per heavy atom. The Bertz CT molecular complexity index is 1000. The second-order valence-electron chi connectivity index (χ2n) is 5.87. The van der Waals surface area contributed by atoms with Gasteiger partial charge in [-0.05, 0) is 41.5 Å². The number of ether oxygens (including phenoxy) is 1. The number of hydrazone groups is 1. The zero-order valence-corrected chi connectivity index (χ0v) is 16.2. The molecule has 0 aliphatic heterocycles. The van der Waals surface area contributed by atoms with Gasteiger partial charge in [-0.1, -0.05) is 60.5 Å². The molecule has 0 atom stereocenters. The monoisotopic (exact) mass is 400 g/mol. The first kappa shape index (κ1) is 19.2. The van der Waals surface area contributed by atoms with Crippen molar-refractivity contribution in [1.29, 1.82) is 0 Å². The molecule has 3 aromatic rings. The molecule has 4 nitrogen and oxygen atoms in total. The Kier molecular flexibility index (Phi) is 6.32. The first-order valence-corrected chi connectivity index (χ1v) is 9.28. The van der Waals surface area contributed by atoms with Gasteiger partial charge in [-0.3, -0.25) is 4.79 Å². The van der Waals surface area contributed by atoms with Crippen molar-refractivity contribution in [2.75, 3.05) is 6.61 Å². The van der Waals surface area contributed by atoms with Crippen LogP contribution in [0.3, 0.4) is 0 Å². The van der Waals surface area contributed by atoms with Gasteiger partial charge in [0.2, 0.25) is 0 Å². The third kappa shape index (κ3) is 4.59. The molecule has 0 heterocycles. The van der Waals surface area contributed by atoms with Gasteiger partial charge in [-0.2, -0.15) is 5.10 Å². The fourth-order valence-corrected chi connectivity index (χ4v) is 2.90. The third-order valence-electron chi connectivity index (χ3n) is 3.93. The molecule has 0 fully saturated rings. The van der Waals surface area contributed by atoms with E-state index in [0.717, 1.165) is 28.5 Å². The highest BCUT2D eigenvalue weighted by Crippen LogP contribution is 2.27. The highest BCUT2D eigenvalue weighted by atomic mass is 35.5. The van der Waals surface area contributed by atoms with E-state index in [1.807, 2.05) is 43.3 Å². The van der Waals surface area contributed by atoms with Crippen molar-refractivity contribution in [3.63, 3.8) is 0 Å². The zero-order chi connectivity index (χ0) is 19.2. The molecule has 6 heteroatoms. The van der Waals surface area contributed by atoms with Crippen LogP contribution in [0.1, 0.15) is 29.3 Å². The van der Waals surface area contributed by atoms with Crippen molar-refractivity contribution in [3.8, 4) is 5.75 Å². The topological polar surface area (TPSA) is 50.7 Å². The minimum absolute atomic E-state index is 0.317. The quantitative estimate of drug-likeness (QED) is 0.426. The second-order valence-corrected chi connectivity index (χ2v) is 6.69. The van der Waals surface area contributed by atoms with Gasteiger partial charge >= 0.3 is 0 Å². The highest BCUT2D eigenvalue weighted by Gasteiger charge is 2.09. The molecule has 138 valence electrons. The van der Waals surface area contributed by atoms with E-state index < -0.39 is 0 Å². The first-order chi connectivity index (χ1) is 13.1. The predicted octanol–water partition coefficient (Wildman–Crippen LogP) is 5.70. The molecule has 0 aromatic heterocycles. The van der Waals surface area contributed by atoms with E-state index in [1.54, 1.807) is 18.3 Å². The van der Waals surface area contributed by atoms with Crippen LogP contribution in [0.5, 0.6) is 5.75 Å². The number of carbonyl (C=O) groups excluding carboxylic acids is 1. The second kappa shape index (κ2) is 8.89. The number of hydrogen-bond acceptors (Lipinski definition) is 3. The van der Waals surface area contributed by atoms with Gasteiger partial charge in [0.15, 0.2) is 0 Å². The summed E-state index contributed by atoms with van der Waals surface area (Å²) in [7, 11) is 0. The van der Waals surface area contributed by atoms with Crippen LogP contribution in [-0.2, 0) is 0 Å². The van der Waals surface area contributed by atoms with Gasteiger partial charge in [0.1, 0.15) is 5.75 Å². The van der Waals surface area contributed by atoms with Crippen molar-refractivity contribution in [2.24, 2.45) is 5.10 Å². The normalized spacial score (nSPS) is 11.1. The van der Waals surface area contributed by atoms with Crippen LogP contribution in [0, 0.1) is 0 Å². The van der Waals surface area contributed by atoms with E-state index in [4.69, 9.17) is 27.9 Å². The Morgan fingerprint density at radius 3 is 2.70 bits per heavy atom. The van der Waals surface area contributed by atoms with E-state index in [-0.39, 0.29) is 5.91 Å². The summed E-state index contributed by atoms with van der Waals surface area (Å²) in [4.78, 5) is 12.3. The molecule has 3 aromatic carbocycles. The summed E-state index contributed by atoms with van der Waals surface area (Å²) < 4.78 is 5.83. The Labute approximate surface area is 167 Å². The number of halogens is 2. The van der Waals surface area contributed by atoms with Gasteiger partial charge in [0.25, 0.3) is 5.91 Å². The maximum atomic E-state index is 12.3. The highest BCUT2D eigenvalue weighted by molar-refractivity contribution is 6.42. The molecule has 3 rings (SSSR count). The Hall–Kier alpha value is -2.56. The lowest BCUT2D eigenvalue weighted by Gasteiger charge is -2.11. The van der Waals surface area contributed by atoms with Gasteiger partial charge < -0.3 is 4.74 Å². The number of fused-ring (bicyclic) bond motifs is 1. The molecule has 0 unspecified atom stereocenters. The van der Waals surface area contributed by atoms with Crippen LogP contribution in [0.15, 0.2) is 59.7 Å². The molecule has 0 spiro atoms. The lowest BCUT2D eigenvalue weighted by Crippen LogP contribution is -2.17. The molecule has 0 bridgehead atoms. The van der Waals surface area contributed by atoms with Crippen molar-refractivity contribution >= 4 is 46.1 Å². The molecule has 0 aliphatic carbocycles. The summed E-state index contributed by atoms with van der Waals surface area (Å²) in [5.41, 5.74) is 3.71. The van der Waals surface area contributed by atoms with Crippen LogP contribution in [-0.4, -0.2) is 18.7 Å². The van der Waals surface area contributed by atoms with Crippen molar-refractivity contribution in [2.45, 2.75) is 13.3 Å². The van der Waals surface area contributed by atoms with Gasteiger partial charge in [0.05, 0.1) is 22.9 Å². The van der Waals surface area contributed by atoms with Crippen LogP contribution < -0.4 is 10.2 Å². The van der Waals surface area contributed by atoms with Gasteiger partial charge in [-0.25, -0.2) is 5.43 Å². The summed E-state index contributed by atoms with van der Waals surface area (Å²) in [6.45, 7) is 2.65. The smallest absolute Gasteiger partial charge is 0.271 e. The summed E-state index contributed by atoms with van der Waals surface area (Å²) in [6.07, 6.45) is 2.50. The number of carbonyl (C=O) groups is 1. The van der Waals surface area contributed by atoms with Crippen LogP contribution in [0.2, 0.25) is 10.0 Å². The minimum Gasteiger partial charge on any atom is -0.493 e. The van der Waals surface area contributed by atoms with Gasteiger partial charge in [0, 0.05) is 11.1 Å². The largest absolute Gasteiger partial charge is 0.493 e. The zero-order valence-electron chi connectivity index (χ0n) is 14.7. The fourth-order valence-electron chi connectivity index (χ4n) is 2.60. The number of amides is 1. The third-order valence-corrected chi connectivity index (χ3v) is 4.67. The van der Waals surface area contributed by atoms with E-state index in [0.29, 0.717) is 22.2 Å². The number of nitrogens with one attached hydrogen (secondary N) is 1. The molecular formula is C21H18Cl2N2O2. The molecule has 1 amide bonds. The molecule has 0 saturated carbocycles. The average Bonchev–Trinajstić information content (AvgIpc) is 2.69. The maximum Gasteiger partial charge on any atom is 0.271 e. The molecule has 0 aliphatic rings. The summed E-state index contributed by atoms with van der Waals surface area (Å²) >= 11 is 11.8. The van der Waals surface area contributed by atoms with Crippen molar-refractivity contribution in [1.82, 2.24) is 5.43 Å². The van der Waals surface area contributed by atoms with Crippen LogP contribution in [0.25, 0.3) is 10.8 Å². The molecule has 0 saturated heterocycles. The van der Waals surface area contributed by atoms with E-state index in [2.05, 4.69) is 10.5 Å². The van der Waals surface area contributed by atoms with Gasteiger partial charge in [-0.15, -0.1) is 0 Å². The summed E-state index contributed by atoms with van der Waals surface area (Å²) in [5.74, 6) is 0.351. The number of benzene rings is 3. The standard InChI is InChI=1S/C21H18Cl2N2O2/c1-2-11-27-20-10-8-14-5-3-4-6-16(14)17(20)13-24-25-21(26)15-7-9-18(22)19(23)12-15/h3-10,12-13H,2,11H2,1H3,(H,25,26)/b24-13-. The summed E-state index contributed by atoms with van der Waals surface area (Å²) in [5, 5.41) is 6.89. The molecular weight excluding hydrogens is 383 g/mol. The lowest BCUT2D eigenvalue weighted by molar-refractivity contribution is 0.0955. The fraction of sp³-hybridized carbons (Fsp3) is 0.143. The van der Waals surface area contributed by atoms with Crippen LogP contribution in [0.4, 0.5) is 0 Å². The van der Waals surface area contributed by atoms with E-state index >= 15 is 0 Å². The molecule has 0 radical (unpaired) electrons. The van der Waals surface area contributed by atoms with Crippen molar-refractivity contribution in [3.05, 3.63) is 75.8 Å². The van der Waals surface area contributed by atoms with E-state index in [9.17, 15) is 4.79 Å². The number of hydrogen-bond donors (Lipinski definition) is 1. The lowest BCUT2D eigenvalue weighted by atomic mass is 10.0. The number of nitrogens with zero attached hydrogens (tertiary/aromatic N) is 1. The average molecular weight is 401 g/mol. The number of rotatable bonds is 6. The SMILES string of the molecule is CCCOc1ccc2ccccc2c1/C=N\NC(=O)c1ccc(Cl)c(Cl)c1.